The Morgan fingerprint density at radius 3 is 2.45 bits per heavy atom. The first-order chi connectivity index (χ1) is 13.9. The van der Waals surface area contributed by atoms with Crippen LogP contribution in [-0.4, -0.2) is 40.5 Å². The zero-order valence-electron chi connectivity index (χ0n) is 16.7. The van der Waals surface area contributed by atoms with Crippen molar-refractivity contribution < 1.29 is 14.4 Å². The molecule has 1 atom stereocenters. The zero-order valence-corrected chi connectivity index (χ0v) is 17.5. The molecule has 29 heavy (non-hydrogen) atoms. The lowest BCUT2D eigenvalue weighted by Crippen LogP contribution is -2.12. The quantitative estimate of drug-likeness (QED) is 0.312. The van der Waals surface area contributed by atoms with Gasteiger partial charge in [0.2, 0.25) is 6.54 Å². The summed E-state index contributed by atoms with van der Waals surface area (Å²) in [5, 5.41) is 19.9. The lowest BCUT2D eigenvalue weighted by atomic mass is 10.1. The molecule has 3 rings (SSSR count). The fraction of sp³-hybridized carbons (Fsp3) is 0.300. The Balaban J connectivity index is 2.03. The van der Waals surface area contributed by atoms with Crippen LogP contribution in [0.3, 0.4) is 0 Å². The Bertz CT molecular complexity index is 1000. The number of benzene rings is 2. The second-order valence-electron chi connectivity index (χ2n) is 6.43. The summed E-state index contributed by atoms with van der Waals surface area (Å²) >= 11 is 1.28. The van der Waals surface area contributed by atoms with E-state index in [2.05, 4.69) is 10.2 Å². The second-order valence-corrected chi connectivity index (χ2v) is 7.60. The fourth-order valence-electron chi connectivity index (χ4n) is 2.96. The molecule has 0 aliphatic heterocycles. The lowest BCUT2D eigenvalue weighted by molar-refractivity contribution is -0.479. The van der Waals surface area contributed by atoms with Crippen LogP contribution in [0.15, 0.2) is 47.6 Å². The zero-order chi connectivity index (χ0) is 21.0. The maximum Gasteiger partial charge on any atom is 0.220 e. The SMILES string of the molecule is COc1ccc(OC)c([C@H](C[N+](=O)[O-])Sc2nnc(C)n2-c2ccc(C)cc2)c1. The minimum Gasteiger partial charge on any atom is -0.497 e. The number of rotatable bonds is 8. The second kappa shape index (κ2) is 8.95. The van der Waals surface area contributed by atoms with Gasteiger partial charge in [-0.25, -0.2) is 0 Å². The van der Waals surface area contributed by atoms with Crippen molar-refractivity contribution in [3.8, 4) is 17.2 Å². The van der Waals surface area contributed by atoms with Gasteiger partial charge in [0.15, 0.2) is 5.16 Å². The van der Waals surface area contributed by atoms with E-state index in [0.29, 0.717) is 28.0 Å². The molecule has 1 aromatic heterocycles. The van der Waals surface area contributed by atoms with E-state index >= 15 is 0 Å². The highest BCUT2D eigenvalue weighted by atomic mass is 32.2. The third-order valence-corrected chi connectivity index (χ3v) is 5.60. The topological polar surface area (TPSA) is 92.3 Å². The summed E-state index contributed by atoms with van der Waals surface area (Å²) in [7, 11) is 3.09. The number of hydrogen-bond donors (Lipinski definition) is 0. The number of aryl methyl sites for hydroxylation is 2. The summed E-state index contributed by atoms with van der Waals surface area (Å²) in [6.45, 7) is 3.57. The van der Waals surface area contributed by atoms with Crippen molar-refractivity contribution in [1.29, 1.82) is 0 Å². The molecular weight excluding hydrogens is 392 g/mol. The molecule has 0 saturated carbocycles. The number of nitro groups is 1. The molecule has 0 unspecified atom stereocenters. The van der Waals surface area contributed by atoms with E-state index < -0.39 is 5.25 Å². The molecule has 3 aromatic rings. The predicted molar refractivity (Wildman–Crippen MR) is 111 cm³/mol. The number of methoxy groups -OCH3 is 2. The average molecular weight is 414 g/mol. The smallest absolute Gasteiger partial charge is 0.220 e. The largest absolute Gasteiger partial charge is 0.497 e. The molecule has 0 bridgehead atoms. The molecule has 0 N–H and O–H groups in total. The maximum absolute atomic E-state index is 11.4. The van der Waals surface area contributed by atoms with Gasteiger partial charge in [-0.3, -0.25) is 14.7 Å². The van der Waals surface area contributed by atoms with E-state index in [9.17, 15) is 10.1 Å². The highest BCUT2D eigenvalue weighted by Crippen LogP contribution is 2.41. The molecule has 0 aliphatic carbocycles. The van der Waals surface area contributed by atoms with Crippen LogP contribution in [-0.2, 0) is 0 Å². The Morgan fingerprint density at radius 2 is 1.83 bits per heavy atom. The van der Waals surface area contributed by atoms with Crippen LogP contribution in [0.1, 0.15) is 22.2 Å². The van der Waals surface area contributed by atoms with Crippen molar-refractivity contribution in [2.75, 3.05) is 20.8 Å². The van der Waals surface area contributed by atoms with Crippen molar-refractivity contribution in [1.82, 2.24) is 14.8 Å². The van der Waals surface area contributed by atoms with E-state index in [1.165, 1.54) is 18.9 Å². The number of hydrogen-bond acceptors (Lipinski definition) is 7. The van der Waals surface area contributed by atoms with Gasteiger partial charge in [-0.05, 0) is 44.2 Å². The lowest BCUT2D eigenvalue weighted by Gasteiger charge is -2.17. The Hall–Kier alpha value is -3.07. The molecule has 9 heteroatoms. The van der Waals surface area contributed by atoms with Gasteiger partial charge in [-0.15, -0.1) is 10.2 Å². The molecule has 0 amide bonds. The summed E-state index contributed by atoms with van der Waals surface area (Å²) in [5.41, 5.74) is 2.71. The van der Waals surface area contributed by atoms with Crippen LogP contribution in [0, 0.1) is 24.0 Å². The molecule has 0 saturated heterocycles. The van der Waals surface area contributed by atoms with Crippen LogP contribution in [0.4, 0.5) is 0 Å². The first-order valence-electron chi connectivity index (χ1n) is 8.92. The Kier molecular flexibility index (Phi) is 6.38. The highest BCUT2D eigenvalue weighted by molar-refractivity contribution is 7.99. The number of aromatic nitrogens is 3. The Morgan fingerprint density at radius 1 is 1.10 bits per heavy atom. The molecule has 1 heterocycles. The van der Waals surface area contributed by atoms with E-state index in [4.69, 9.17) is 9.47 Å². The van der Waals surface area contributed by atoms with Gasteiger partial charge < -0.3 is 9.47 Å². The number of thioether (sulfide) groups is 1. The van der Waals surface area contributed by atoms with Gasteiger partial charge in [0.1, 0.15) is 22.6 Å². The van der Waals surface area contributed by atoms with Crippen molar-refractivity contribution in [2.45, 2.75) is 24.3 Å². The normalized spacial score (nSPS) is 11.9. The van der Waals surface area contributed by atoms with E-state index in [1.807, 2.05) is 42.7 Å². The van der Waals surface area contributed by atoms with E-state index in [1.54, 1.807) is 25.3 Å². The van der Waals surface area contributed by atoms with E-state index in [0.717, 1.165) is 11.3 Å². The highest BCUT2D eigenvalue weighted by Gasteiger charge is 2.27. The minimum absolute atomic E-state index is 0.298. The van der Waals surface area contributed by atoms with Crippen molar-refractivity contribution in [3.63, 3.8) is 0 Å². The van der Waals surface area contributed by atoms with Gasteiger partial charge in [-0.2, -0.15) is 0 Å². The summed E-state index contributed by atoms with van der Waals surface area (Å²) in [5.74, 6) is 1.86. The van der Waals surface area contributed by atoms with Crippen LogP contribution < -0.4 is 9.47 Å². The van der Waals surface area contributed by atoms with Gasteiger partial charge in [0.25, 0.3) is 0 Å². The molecule has 2 aromatic carbocycles. The van der Waals surface area contributed by atoms with Gasteiger partial charge >= 0.3 is 0 Å². The summed E-state index contributed by atoms with van der Waals surface area (Å²) in [6.07, 6.45) is 0. The average Bonchev–Trinajstić information content (AvgIpc) is 3.07. The summed E-state index contributed by atoms with van der Waals surface area (Å²) in [6, 6.07) is 13.2. The van der Waals surface area contributed by atoms with Crippen molar-refractivity contribution >= 4 is 11.8 Å². The molecule has 0 fully saturated rings. The van der Waals surface area contributed by atoms with E-state index in [-0.39, 0.29) is 11.5 Å². The molecule has 0 spiro atoms. The fourth-order valence-corrected chi connectivity index (χ4v) is 4.16. The molecule has 0 aliphatic rings. The molecule has 0 radical (unpaired) electrons. The summed E-state index contributed by atoms with van der Waals surface area (Å²) in [4.78, 5) is 11.1. The Labute approximate surface area is 173 Å². The van der Waals surface area contributed by atoms with Crippen molar-refractivity contribution in [3.05, 3.63) is 69.5 Å². The summed E-state index contributed by atoms with van der Waals surface area (Å²) < 4.78 is 12.6. The van der Waals surface area contributed by atoms with Crippen LogP contribution in [0.2, 0.25) is 0 Å². The minimum atomic E-state index is -0.539. The molecular formula is C20H22N4O4S. The molecule has 8 nitrogen and oxygen atoms in total. The first kappa shape index (κ1) is 20.7. The predicted octanol–water partition coefficient (Wildman–Crippen LogP) is 4.01. The van der Waals surface area contributed by atoms with Gasteiger partial charge in [0.05, 0.1) is 14.2 Å². The molecule has 152 valence electrons. The third kappa shape index (κ3) is 4.68. The van der Waals surface area contributed by atoms with Crippen LogP contribution in [0.25, 0.3) is 5.69 Å². The van der Waals surface area contributed by atoms with Crippen LogP contribution >= 0.6 is 11.8 Å². The van der Waals surface area contributed by atoms with Gasteiger partial charge in [0, 0.05) is 16.2 Å². The first-order valence-corrected chi connectivity index (χ1v) is 9.80. The van der Waals surface area contributed by atoms with Crippen molar-refractivity contribution in [2.24, 2.45) is 0 Å². The monoisotopic (exact) mass is 414 g/mol. The van der Waals surface area contributed by atoms with Crippen LogP contribution in [0.5, 0.6) is 11.5 Å². The maximum atomic E-state index is 11.4. The standard InChI is InChI=1S/C20H22N4O4S/c1-13-5-7-15(8-6-13)24-14(2)21-22-20(24)29-19(12-23(25)26)17-11-16(27-3)9-10-18(17)28-4/h5-11,19H,12H2,1-4H3/t19-/m0/s1. The third-order valence-electron chi connectivity index (χ3n) is 4.43. The number of nitrogens with zero attached hydrogens (tertiary/aromatic N) is 4. The number of ether oxygens (including phenoxy) is 2. The van der Waals surface area contributed by atoms with Gasteiger partial charge in [-0.1, -0.05) is 29.5 Å².